The Morgan fingerprint density at radius 3 is 2.36 bits per heavy atom. The highest BCUT2D eigenvalue weighted by atomic mass is 127. The molecule has 1 fully saturated rings. The van der Waals surface area contributed by atoms with Crippen LogP contribution in [-0.4, -0.2) is 45.9 Å². The molecule has 8 heteroatoms. The van der Waals surface area contributed by atoms with Crippen molar-refractivity contribution in [1.29, 1.82) is 0 Å². The van der Waals surface area contributed by atoms with Gasteiger partial charge in [0.05, 0.1) is 11.4 Å². The summed E-state index contributed by atoms with van der Waals surface area (Å²) in [6.07, 6.45) is 6.31. The molecule has 0 radical (unpaired) electrons. The van der Waals surface area contributed by atoms with Gasteiger partial charge in [-0.1, -0.05) is 38.0 Å². The molecule has 0 spiro atoms. The number of sulfonamides is 1. The number of hydrogen-bond donors (Lipinski definition) is 2. The summed E-state index contributed by atoms with van der Waals surface area (Å²) >= 11 is 0. The van der Waals surface area contributed by atoms with Gasteiger partial charge in [-0.3, -0.25) is 0 Å². The first-order valence-corrected chi connectivity index (χ1v) is 11.3. The van der Waals surface area contributed by atoms with Crippen LogP contribution in [0.3, 0.4) is 0 Å². The first kappa shape index (κ1) is 25.2. The predicted molar refractivity (Wildman–Crippen MR) is 127 cm³/mol. The highest BCUT2D eigenvalue weighted by molar-refractivity contribution is 14.0. The van der Waals surface area contributed by atoms with Crippen LogP contribution in [0.1, 0.15) is 51.5 Å². The number of aliphatic imine (C=N–C) groups is 1. The summed E-state index contributed by atoms with van der Waals surface area (Å²) in [6.45, 7) is 6.29. The lowest BCUT2D eigenvalue weighted by Gasteiger charge is -2.28. The van der Waals surface area contributed by atoms with E-state index in [9.17, 15) is 8.42 Å². The summed E-state index contributed by atoms with van der Waals surface area (Å²) in [4.78, 5) is 4.97. The highest BCUT2D eigenvalue weighted by Gasteiger charge is 2.31. The highest BCUT2D eigenvalue weighted by Crippen LogP contribution is 2.40. The number of benzene rings is 1. The van der Waals surface area contributed by atoms with E-state index in [0.717, 1.165) is 19.0 Å². The lowest BCUT2D eigenvalue weighted by atomic mass is 9.83. The molecule has 2 rings (SSSR count). The van der Waals surface area contributed by atoms with E-state index in [1.165, 1.54) is 36.4 Å². The molecular formula is C20H35IN4O2S. The van der Waals surface area contributed by atoms with Gasteiger partial charge in [0.25, 0.3) is 0 Å². The number of hydrogen-bond acceptors (Lipinski definition) is 3. The Morgan fingerprint density at radius 1 is 1.14 bits per heavy atom. The number of nitrogens with one attached hydrogen (secondary N) is 2. The average molecular weight is 522 g/mol. The summed E-state index contributed by atoms with van der Waals surface area (Å²) < 4.78 is 26.3. The van der Waals surface area contributed by atoms with E-state index in [2.05, 4.69) is 22.5 Å². The Kier molecular flexibility index (Phi) is 10.2. The number of guanidine groups is 1. The Bertz CT molecular complexity index is 744. The Hall–Kier alpha value is -0.870. The van der Waals surface area contributed by atoms with E-state index in [-0.39, 0.29) is 24.0 Å². The maximum absolute atomic E-state index is 12.6. The molecule has 0 aromatic heterocycles. The third-order valence-electron chi connectivity index (χ3n) is 5.53. The van der Waals surface area contributed by atoms with Crippen LogP contribution in [0.4, 0.5) is 0 Å². The molecule has 0 amide bonds. The second-order valence-corrected chi connectivity index (χ2v) is 9.62. The van der Waals surface area contributed by atoms with Crippen molar-refractivity contribution in [3.8, 4) is 0 Å². The van der Waals surface area contributed by atoms with E-state index in [0.29, 0.717) is 22.4 Å². The molecule has 160 valence electrons. The summed E-state index contributed by atoms with van der Waals surface area (Å²) in [6, 6.07) is 7.07. The fourth-order valence-electron chi connectivity index (χ4n) is 3.64. The number of rotatable bonds is 8. The van der Waals surface area contributed by atoms with Gasteiger partial charge in [-0.2, -0.15) is 0 Å². The van der Waals surface area contributed by atoms with E-state index in [1.807, 2.05) is 19.1 Å². The van der Waals surface area contributed by atoms with Gasteiger partial charge in [0.1, 0.15) is 0 Å². The molecule has 1 aromatic rings. The van der Waals surface area contributed by atoms with Crippen LogP contribution in [-0.2, 0) is 16.6 Å². The average Bonchev–Trinajstić information content (AvgIpc) is 3.13. The van der Waals surface area contributed by atoms with Crippen LogP contribution in [0.15, 0.2) is 34.2 Å². The minimum Gasteiger partial charge on any atom is -0.357 e. The SMILES string of the molecule is CCNC(=NCc1ccccc1S(=O)(=O)N(C)C)NCC1(CC)CCCC1.I. The van der Waals surface area contributed by atoms with Crippen molar-refractivity contribution in [3.63, 3.8) is 0 Å². The van der Waals surface area contributed by atoms with Crippen molar-refractivity contribution < 1.29 is 8.42 Å². The van der Waals surface area contributed by atoms with E-state index in [1.54, 1.807) is 26.2 Å². The molecule has 6 nitrogen and oxygen atoms in total. The van der Waals surface area contributed by atoms with E-state index >= 15 is 0 Å². The standard InChI is InChI=1S/C20H34N4O2S.HI/c1-5-20(13-9-10-14-20)16-23-19(21-6-2)22-15-17-11-7-8-12-18(17)27(25,26)24(3)4;/h7-8,11-12H,5-6,9-10,13-16H2,1-4H3,(H2,21,22,23);1H. The zero-order valence-corrected chi connectivity index (χ0v) is 20.6. The second kappa shape index (κ2) is 11.3. The summed E-state index contributed by atoms with van der Waals surface area (Å²) in [5, 5.41) is 6.76. The largest absolute Gasteiger partial charge is 0.357 e. The maximum Gasteiger partial charge on any atom is 0.242 e. The quantitative estimate of drug-likeness (QED) is 0.311. The molecule has 1 saturated carbocycles. The third-order valence-corrected chi connectivity index (χ3v) is 7.44. The summed E-state index contributed by atoms with van der Waals surface area (Å²) in [5.74, 6) is 0.745. The van der Waals surface area contributed by atoms with Gasteiger partial charge in [-0.25, -0.2) is 17.7 Å². The lowest BCUT2D eigenvalue weighted by Crippen LogP contribution is -2.42. The number of halogens is 1. The van der Waals surface area contributed by atoms with Crippen molar-refractivity contribution >= 4 is 40.0 Å². The minimum atomic E-state index is -3.48. The van der Waals surface area contributed by atoms with Gasteiger partial charge < -0.3 is 10.6 Å². The van der Waals surface area contributed by atoms with Gasteiger partial charge in [0, 0.05) is 27.2 Å². The maximum atomic E-state index is 12.6. The zero-order chi connectivity index (χ0) is 19.9. The summed E-state index contributed by atoms with van der Waals surface area (Å²) in [7, 11) is -0.387. The Morgan fingerprint density at radius 2 is 1.79 bits per heavy atom. The predicted octanol–water partition coefficient (Wildman–Crippen LogP) is 3.58. The normalized spacial score (nSPS) is 16.7. The fraction of sp³-hybridized carbons (Fsp3) is 0.650. The van der Waals surface area contributed by atoms with Crippen LogP contribution in [0.5, 0.6) is 0 Å². The van der Waals surface area contributed by atoms with Gasteiger partial charge in [-0.15, -0.1) is 24.0 Å². The zero-order valence-electron chi connectivity index (χ0n) is 17.5. The van der Waals surface area contributed by atoms with Crippen LogP contribution in [0.25, 0.3) is 0 Å². The van der Waals surface area contributed by atoms with Crippen LogP contribution in [0.2, 0.25) is 0 Å². The van der Waals surface area contributed by atoms with E-state index < -0.39 is 10.0 Å². The molecular weight excluding hydrogens is 487 g/mol. The second-order valence-electron chi connectivity index (χ2n) is 7.50. The Labute approximate surface area is 187 Å². The monoisotopic (exact) mass is 522 g/mol. The third kappa shape index (κ3) is 6.32. The molecule has 1 aliphatic carbocycles. The fourth-order valence-corrected chi connectivity index (χ4v) is 4.75. The van der Waals surface area contributed by atoms with Crippen LogP contribution in [0, 0.1) is 5.41 Å². The Balaban J connectivity index is 0.00000392. The minimum absolute atomic E-state index is 0. The van der Waals surface area contributed by atoms with E-state index in [4.69, 9.17) is 0 Å². The first-order chi connectivity index (χ1) is 12.8. The molecule has 28 heavy (non-hydrogen) atoms. The topological polar surface area (TPSA) is 73.8 Å². The van der Waals surface area contributed by atoms with Gasteiger partial charge in [0.2, 0.25) is 10.0 Å². The molecule has 0 heterocycles. The molecule has 0 aliphatic heterocycles. The molecule has 1 aliphatic rings. The van der Waals surface area contributed by atoms with Crippen LogP contribution >= 0.6 is 24.0 Å². The van der Waals surface area contributed by atoms with Crippen LogP contribution < -0.4 is 10.6 Å². The van der Waals surface area contributed by atoms with Crippen molar-refractivity contribution in [1.82, 2.24) is 14.9 Å². The smallest absolute Gasteiger partial charge is 0.242 e. The van der Waals surface area contributed by atoms with Crippen molar-refractivity contribution in [2.75, 3.05) is 27.2 Å². The lowest BCUT2D eigenvalue weighted by molar-refractivity contribution is 0.283. The van der Waals surface area contributed by atoms with Crippen molar-refractivity contribution in [2.24, 2.45) is 10.4 Å². The summed E-state index contributed by atoms with van der Waals surface area (Å²) in [5.41, 5.74) is 1.07. The number of nitrogens with zero attached hydrogens (tertiary/aromatic N) is 2. The molecule has 0 unspecified atom stereocenters. The molecule has 0 saturated heterocycles. The molecule has 0 bridgehead atoms. The van der Waals surface area contributed by atoms with Gasteiger partial charge in [0.15, 0.2) is 5.96 Å². The molecule has 0 atom stereocenters. The first-order valence-electron chi connectivity index (χ1n) is 9.87. The van der Waals surface area contributed by atoms with Gasteiger partial charge >= 0.3 is 0 Å². The van der Waals surface area contributed by atoms with Gasteiger partial charge in [-0.05, 0) is 43.2 Å². The van der Waals surface area contributed by atoms with Crippen molar-refractivity contribution in [3.05, 3.63) is 29.8 Å². The molecule has 2 N–H and O–H groups in total. The van der Waals surface area contributed by atoms with Crippen molar-refractivity contribution in [2.45, 2.75) is 57.4 Å². The molecule has 1 aromatic carbocycles.